The van der Waals surface area contributed by atoms with Crippen molar-refractivity contribution in [1.29, 1.82) is 0 Å². The molecule has 0 aliphatic carbocycles. The van der Waals surface area contributed by atoms with Gasteiger partial charge in [-0.1, -0.05) is 32.9 Å². The fourth-order valence-electron chi connectivity index (χ4n) is 3.05. The van der Waals surface area contributed by atoms with Crippen LogP contribution in [0, 0.1) is 11.8 Å². The van der Waals surface area contributed by atoms with Gasteiger partial charge < -0.3 is 15.2 Å². The number of benzene rings is 1. The Morgan fingerprint density at radius 3 is 2.50 bits per heavy atom. The summed E-state index contributed by atoms with van der Waals surface area (Å²) in [7, 11) is 1.56. The lowest BCUT2D eigenvalue weighted by atomic mass is 9.87. The van der Waals surface area contributed by atoms with Gasteiger partial charge in [-0.3, -0.25) is 9.59 Å². The molecule has 0 heterocycles. The van der Waals surface area contributed by atoms with Gasteiger partial charge in [0.05, 0.1) is 19.1 Å². The average molecular weight is 335 g/mol. The second kappa shape index (κ2) is 8.71. The first-order valence-electron chi connectivity index (χ1n) is 8.33. The Kier molecular flexibility index (Phi) is 7.26. The third kappa shape index (κ3) is 6.22. The monoisotopic (exact) mass is 335 g/mol. The fourth-order valence-corrected chi connectivity index (χ4v) is 3.05. The molecule has 2 unspecified atom stereocenters. The summed E-state index contributed by atoms with van der Waals surface area (Å²) in [5.74, 6) is 0.318. The maximum Gasteiger partial charge on any atom is 0.306 e. The quantitative estimate of drug-likeness (QED) is 0.723. The molecular formula is C19H29NO4. The highest BCUT2D eigenvalue weighted by molar-refractivity contribution is 5.79. The first kappa shape index (κ1) is 20.0. The van der Waals surface area contributed by atoms with Crippen LogP contribution < -0.4 is 10.1 Å². The molecule has 24 heavy (non-hydrogen) atoms. The molecule has 0 bridgehead atoms. The molecule has 0 saturated carbocycles. The molecule has 134 valence electrons. The van der Waals surface area contributed by atoms with Crippen LogP contribution in [0.2, 0.25) is 0 Å². The second-order valence-corrected chi connectivity index (χ2v) is 7.12. The molecule has 0 aliphatic heterocycles. The van der Waals surface area contributed by atoms with E-state index in [1.165, 1.54) is 0 Å². The van der Waals surface area contributed by atoms with Gasteiger partial charge in [-0.2, -0.15) is 0 Å². The van der Waals surface area contributed by atoms with Crippen LogP contribution in [0.15, 0.2) is 24.3 Å². The summed E-state index contributed by atoms with van der Waals surface area (Å²) < 4.78 is 5.21. The number of hydrogen-bond acceptors (Lipinski definition) is 3. The predicted octanol–water partition coefficient (Wildman–Crippen LogP) is 3.57. The van der Waals surface area contributed by atoms with Gasteiger partial charge in [0, 0.05) is 6.42 Å². The van der Waals surface area contributed by atoms with Crippen LogP contribution in [0.25, 0.3) is 0 Å². The van der Waals surface area contributed by atoms with E-state index < -0.39 is 11.5 Å². The van der Waals surface area contributed by atoms with Crippen LogP contribution in [0.5, 0.6) is 5.75 Å². The van der Waals surface area contributed by atoms with Crippen LogP contribution in [-0.4, -0.2) is 24.1 Å². The van der Waals surface area contributed by atoms with E-state index in [4.69, 9.17) is 4.74 Å². The SMILES string of the molecule is COc1cccc(C(C)(CC(=O)O)NC(=O)CC(C)CC(C)C)c1. The number of methoxy groups -OCH3 is 1. The summed E-state index contributed by atoms with van der Waals surface area (Å²) in [6, 6.07) is 7.16. The largest absolute Gasteiger partial charge is 0.497 e. The van der Waals surface area contributed by atoms with E-state index in [-0.39, 0.29) is 18.2 Å². The third-order valence-electron chi connectivity index (χ3n) is 4.03. The first-order valence-corrected chi connectivity index (χ1v) is 8.33. The zero-order valence-electron chi connectivity index (χ0n) is 15.3. The number of nitrogens with one attached hydrogen (secondary N) is 1. The topological polar surface area (TPSA) is 75.6 Å². The van der Waals surface area contributed by atoms with E-state index >= 15 is 0 Å². The van der Waals surface area contributed by atoms with E-state index in [1.54, 1.807) is 32.2 Å². The molecule has 0 aromatic heterocycles. The molecule has 1 aromatic carbocycles. The second-order valence-electron chi connectivity index (χ2n) is 7.12. The lowest BCUT2D eigenvalue weighted by Crippen LogP contribution is -2.45. The van der Waals surface area contributed by atoms with Gasteiger partial charge in [0.25, 0.3) is 0 Å². The summed E-state index contributed by atoms with van der Waals surface area (Å²) in [6.45, 7) is 8.03. The Bertz CT molecular complexity index is 570. The van der Waals surface area contributed by atoms with Crippen LogP contribution in [-0.2, 0) is 15.1 Å². The third-order valence-corrected chi connectivity index (χ3v) is 4.03. The standard InChI is InChI=1S/C19H29NO4/c1-13(2)9-14(3)10-17(21)20-19(4,12-18(22)23)15-7-6-8-16(11-15)24-5/h6-8,11,13-14H,9-10,12H2,1-5H3,(H,20,21)(H,22,23). The number of rotatable bonds is 9. The van der Waals surface area contributed by atoms with Crippen molar-refractivity contribution in [3.05, 3.63) is 29.8 Å². The first-order chi connectivity index (χ1) is 11.2. The molecule has 0 radical (unpaired) electrons. The van der Waals surface area contributed by atoms with Crippen molar-refractivity contribution in [2.24, 2.45) is 11.8 Å². The Morgan fingerprint density at radius 2 is 1.96 bits per heavy atom. The van der Waals surface area contributed by atoms with Crippen molar-refractivity contribution in [3.8, 4) is 5.75 Å². The smallest absolute Gasteiger partial charge is 0.306 e. The summed E-state index contributed by atoms with van der Waals surface area (Å²) in [5, 5.41) is 12.2. The van der Waals surface area contributed by atoms with Crippen molar-refractivity contribution in [3.63, 3.8) is 0 Å². The summed E-state index contributed by atoms with van der Waals surface area (Å²) >= 11 is 0. The maximum atomic E-state index is 12.4. The number of carboxylic acids is 1. The molecule has 1 aromatic rings. The summed E-state index contributed by atoms with van der Waals surface area (Å²) in [6.07, 6.45) is 1.16. The molecule has 2 atom stereocenters. The minimum atomic E-state index is -0.977. The van der Waals surface area contributed by atoms with Crippen LogP contribution >= 0.6 is 0 Å². The Morgan fingerprint density at radius 1 is 1.29 bits per heavy atom. The molecule has 1 amide bonds. The fraction of sp³-hybridized carbons (Fsp3) is 0.579. The van der Waals surface area contributed by atoms with Gasteiger partial charge in [0.1, 0.15) is 5.75 Å². The molecular weight excluding hydrogens is 306 g/mol. The average Bonchev–Trinajstić information content (AvgIpc) is 2.45. The van der Waals surface area contributed by atoms with E-state index in [0.717, 1.165) is 6.42 Å². The minimum Gasteiger partial charge on any atom is -0.497 e. The molecule has 2 N–H and O–H groups in total. The number of ether oxygens (including phenoxy) is 1. The van der Waals surface area contributed by atoms with Crippen molar-refractivity contribution in [2.45, 2.75) is 52.5 Å². The zero-order valence-corrected chi connectivity index (χ0v) is 15.3. The Labute approximate surface area is 144 Å². The van der Waals surface area contributed by atoms with Crippen LogP contribution in [0.3, 0.4) is 0 Å². The van der Waals surface area contributed by atoms with Gasteiger partial charge in [-0.15, -0.1) is 0 Å². The van der Waals surface area contributed by atoms with Crippen molar-refractivity contribution < 1.29 is 19.4 Å². The molecule has 0 spiro atoms. The van der Waals surface area contributed by atoms with Gasteiger partial charge in [0.2, 0.25) is 5.91 Å². The summed E-state index contributed by atoms with van der Waals surface area (Å²) in [5.41, 5.74) is -0.260. The number of hydrogen-bond donors (Lipinski definition) is 2. The van der Waals surface area contributed by atoms with Crippen molar-refractivity contribution in [1.82, 2.24) is 5.32 Å². The highest BCUT2D eigenvalue weighted by Gasteiger charge is 2.32. The molecule has 0 aliphatic rings. The van der Waals surface area contributed by atoms with Crippen molar-refractivity contribution in [2.75, 3.05) is 7.11 Å². The normalized spacial score (nSPS) is 14.8. The Hall–Kier alpha value is -2.04. The number of carbonyl (C=O) groups excluding carboxylic acids is 1. The number of amides is 1. The number of carboxylic acid groups (broad SMARTS) is 1. The zero-order chi connectivity index (χ0) is 18.3. The Balaban J connectivity index is 2.95. The summed E-state index contributed by atoms with van der Waals surface area (Å²) in [4.78, 5) is 23.7. The minimum absolute atomic E-state index is 0.130. The van der Waals surface area contributed by atoms with Gasteiger partial charge in [0.15, 0.2) is 0 Å². The van der Waals surface area contributed by atoms with Crippen LogP contribution in [0.1, 0.15) is 52.5 Å². The van der Waals surface area contributed by atoms with E-state index in [1.807, 2.05) is 13.0 Å². The lowest BCUT2D eigenvalue weighted by molar-refractivity contribution is -0.139. The molecule has 5 heteroatoms. The number of carbonyl (C=O) groups is 2. The highest BCUT2D eigenvalue weighted by Crippen LogP contribution is 2.28. The van der Waals surface area contributed by atoms with Crippen molar-refractivity contribution >= 4 is 11.9 Å². The van der Waals surface area contributed by atoms with Gasteiger partial charge in [-0.05, 0) is 42.9 Å². The van der Waals surface area contributed by atoms with Crippen LogP contribution in [0.4, 0.5) is 0 Å². The van der Waals surface area contributed by atoms with E-state index in [0.29, 0.717) is 23.7 Å². The maximum absolute atomic E-state index is 12.4. The molecule has 0 saturated heterocycles. The lowest BCUT2D eigenvalue weighted by Gasteiger charge is -2.31. The van der Waals surface area contributed by atoms with Gasteiger partial charge in [-0.25, -0.2) is 0 Å². The van der Waals surface area contributed by atoms with Gasteiger partial charge >= 0.3 is 5.97 Å². The van der Waals surface area contributed by atoms with E-state index in [2.05, 4.69) is 19.2 Å². The van der Waals surface area contributed by atoms with E-state index in [9.17, 15) is 14.7 Å². The molecule has 1 rings (SSSR count). The number of aliphatic carboxylic acids is 1. The highest BCUT2D eigenvalue weighted by atomic mass is 16.5. The molecule has 0 fully saturated rings. The molecule has 5 nitrogen and oxygen atoms in total. The predicted molar refractivity (Wildman–Crippen MR) is 94.0 cm³/mol.